The van der Waals surface area contributed by atoms with Gasteiger partial charge >= 0.3 is 5.97 Å². The lowest BCUT2D eigenvalue weighted by molar-refractivity contribution is -0.151. The quantitative estimate of drug-likeness (QED) is 0.675. The van der Waals surface area contributed by atoms with E-state index in [2.05, 4.69) is 0 Å². The van der Waals surface area contributed by atoms with E-state index in [0.717, 1.165) is 12.1 Å². The SMILES string of the molecule is CC(C)(C)OC(=O)CS(=O)(=O)Cc1cc(F)ccc1N. The normalized spacial score (nSPS) is 12.2. The van der Waals surface area contributed by atoms with Gasteiger partial charge in [0.1, 0.15) is 17.2 Å². The fraction of sp³-hybridized carbons (Fsp3) is 0.462. The smallest absolute Gasteiger partial charge is 0.321 e. The summed E-state index contributed by atoms with van der Waals surface area (Å²) in [7, 11) is -3.77. The molecular formula is C13H18FNO4S. The number of nitrogen functional groups attached to an aromatic ring is 1. The summed E-state index contributed by atoms with van der Waals surface area (Å²) in [4.78, 5) is 11.5. The molecule has 1 aromatic rings. The van der Waals surface area contributed by atoms with Gasteiger partial charge < -0.3 is 10.5 Å². The Balaban J connectivity index is 2.80. The number of hydrogen-bond donors (Lipinski definition) is 1. The van der Waals surface area contributed by atoms with Gasteiger partial charge in [-0.25, -0.2) is 12.8 Å². The third-order valence-corrected chi connectivity index (χ3v) is 3.66. The number of hydrogen-bond acceptors (Lipinski definition) is 5. The van der Waals surface area contributed by atoms with Crippen LogP contribution in [0, 0.1) is 5.82 Å². The molecule has 5 nitrogen and oxygen atoms in total. The molecule has 0 spiro atoms. The van der Waals surface area contributed by atoms with Gasteiger partial charge in [0.15, 0.2) is 9.84 Å². The first-order chi connectivity index (χ1) is 8.98. The zero-order valence-corrected chi connectivity index (χ0v) is 12.5. The molecule has 2 N–H and O–H groups in total. The molecule has 0 unspecified atom stereocenters. The zero-order chi connectivity index (χ0) is 15.6. The molecule has 112 valence electrons. The van der Waals surface area contributed by atoms with Crippen molar-refractivity contribution in [2.45, 2.75) is 32.1 Å². The summed E-state index contributed by atoms with van der Waals surface area (Å²) in [6, 6.07) is 3.47. The third kappa shape index (κ3) is 5.56. The average Bonchev–Trinajstić information content (AvgIpc) is 2.18. The van der Waals surface area contributed by atoms with Gasteiger partial charge in [-0.05, 0) is 44.5 Å². The predicted octanol–water partition coefficient (Wildman–Crippen LogP) is 1.66. The highest BCUT2D eigenvalue weighted by Crippen LogP contribution is 2.17. The monoisotopic (exact) mass is 303 g/mol. The summed E-state index contributed by atoms with van der Waals surface area (Å²) >= 11 is 0. The second kappa shape index (κ2) is 5.78. The van der Waals surface area contributed by atoms with Crippen LogP contribution in [0.4, 0.5) is 10.1 Å². The number of anilines is 1. The Morgan fingerprint density at radius 1 is 1.35 bits per heavy atom. The molecule has 1 aromatic carbocycles. The van der Waals surface area contributed by atoms with Crippen LogP contribution < -0.4 is 5.73 Å². The Morgan fingerprint density at radius 2 is 1.95 bits per heavy atom. The van der Waals surface area contributed by atoms with Gasteiger partial charge in [0.2, 0.25) is 0 Å². The van der Waals surface area contributed by atoms with E-state index < -0.39 is 38.7 Å². The molecule has 0 heterocycles. The Labute approximate surface area is 117 Å². The molecule has 0 aromatic heterocycles. The molecule has 0 saturated carbocycles. The summed E-state index contributed by atoms with van der Waals surface area (Å²) in [6.07, 6.45) is 0. The van der Waals surface area contributed by atoms with Gasteiger partial charge in [-0.15, -0.1) is 0 Å². The Kier molecular flexibility index (Phi) is 4.75. The molecule has 0 atom stereocenters. The second-order valence-electron chi connectivity index (χ2n) is 5.46. The maximum atomic E-state index is 13.1. The third-order valence-electron chi connectivity index (χ3n) is 2.24. The number of esters is 1. The molecular weight excluding hydrogens is 285 g/mol. The molecule has 0 saturated heterocycles. The fourth-order valence-corrected chi connectivity index (χ4v) is 2.78. The van der Waals surface area contributed by atoms with Crippen molar-refractivity contribution in [2.24, 2.45) is 0 Å². The predicted molar refractivity (Wildman–Crippen MR) is 74.1 cm³/mol. The lowest BCUT2D eigenvalue weighted by Gasteiger charge is -2.19. The first-order valence-corrected chi connectivity index (χ1v) is 7.77. The molecule has 20 heavy (non-hydrogen) atoms. The van der Waals surface area contributed by atoms with Gasteiger partial charge in [-0.1, -0.05) is 0 Å². The molecule has 0 amide bonds. The van der Waals surface area contributed by atoms with Crippen molar-refractivity contribution < 1.29 is 22.3 Å². The van der Waals surface area contributed by atoms with E-state index in [4.69, 9.17) is 10.5 Å². The molecule has 0 aliphatic carbocycles. The van der Waals surface area contributed by atoms with Crippen LogP contribution in [0.3, 0.4) is 0 Å². The first-order valence-electron chi connectivity index (χ1n) is 5.95. The summed E-state index contributed by atoms with van der Waals surface area (Å²) in [5.41, 5.74) is 5.12. The highest BCUT2D eigenvalue weighted by Gasteiger charge is 2.23. The molecule has 0 radical (unpaired) electrons. The number of nitrogens with two attached hydrogens (primary N) is 1. The molecule has 0 fully saturated rings. The number of ether oxygens (including phenoxy) is 1. The summed E-state index contributed by atoms with van der Waals surface area (Å²) in [5, 5.41) is 0. The van der Waals surface area contributed by atoms with Gasteiger partial charge in [-0.2, -0.15) is 0 Å². The highest BCUT2D eigenvalue weighted by atomic mass is 32.2. The van der Waals surface area contributed by atoms with E-state index in [0.29, 0.717) is 0 Å². The lowest BCUT2D eigenvalue weighted by Crippen LogP contribution is -2.29. The van der Waals surface area contributed by atoms with Crippen molar-refractivity contribution in [3.8, 4) is 0 Å². The number of carbonyl (C=O) groups excluding carboxylic acids is 1. The van der Waals surface area contributed by atoms with Crippen LogP contribution in [0.2, 0.25) is 0 Å². The van der Waals surface area contributed by atoms with Crippen molar-refractivity contribution in [1.29, 1.82) is 0 Å². The van der Waals surface area contributed by atoms with Crippen LogP contribution in [-0.2, 0) is 25.1 Å². The van der Waals surface area contributed by atoms with Gasteiger partial charge in [-0.3, -0.25) is 4.79 Å². The molecule has 0 bridgehead atoms. The van der Waals surface area contributed by atoms with Crippen LogP contribution in [0.15, 0.2) is 18.2 Å². The minimum atomic E-state index is -3.77. The van der Waals surface area contributed by atoms with Crippen molar-refractivity contribution in [2.75, 3.05) is 11.5 Å². The van der Waals surface area contributed by atoms with E-state index in [9.17, 15) is 17.6 Å². The van der Waals surface area contributed by atoms with Crippen LogP contribution >= 0.6 is 0 Å². The van der Waals surface area contributed by atoms with Crippen LogP contribution in [0.5, 0.6) is 0 Å². The molecule has 1 rings (SSSR count). The summed E-state index contributed by atoms with van der Waals surface area (Å²) in [5.74, 6) is -2.69. The average molecular weight is 303 g/mol. The van der Waals surface area contributed by atoms with Crippen LogP contribution in [-0.4, -0.2) is 25.7 Å². The van der Waals surface area contributed by atoms with E-state index in [1.54, 1.807) is 20.8 Å². The maximum Gasteiger partial charge on any atom is 0.321 e. The Hall–Kier alpha value is -1.63. The fourth-order valence-electron chi connectivity index (χ4n) is 1.54. The summed E-state index contributed by atoms with van der Waals surface area (Å²) < 4.78 is 41.8. The standard InChI is InChI=1S/C13H18FNO4S/c1-13(2,3)19-12(16)8-20(17,18)7-9-6-10(14)4-5-11(9)15/h4-6H,7-8,15H2,1-3H3. The van der Waals surface area contributed by atoms with Gasteiger partial charge in [0, 0.05) is 5.69 Å². The Morgan fingerprint density at radius 3 is 2.50 bits per heavy atom. The van der Waals surface area contributed by atoms with E-state index in [1.807, 2.05) is 0 Å². The van der Waals surface area contributed by atoms with Crippen molar-refractivity contribution in [1.82, 2.24) is 0 Å². The van der Waals surface area contributed by atoms with Crippen LogP contribution in [0.25, 0.3) is 0 Å². The maximum absolute atomic E-state index is 13.1. The minimum absolute atomic E-state index is 0.133. The molecule has 0 aliphatic rings. The van der Waals surface area contributed by atoms with E-state index in [1.165, 1.54) is 6.07 Å². The first kappa shape index (κ1) is 16.4. The van der Waals surface area contributed by atoms with Gasteiger partial charge in [0.05, 0.1) is 5.75 Å². The van der Waals surface area contributed by atoms with E-state index >= 15 is 0 Å². The number of benzene rings is 1. The number of rotatable bonds is 4. The molecule has 7 heteroatoms. The highest BCUT2D eigenvalue weighted by molar-refractivity contribution is 7.91. The minimum Gasteiger partial charge on any atom is -0.459 e. The second-order valence-corrected chi connectivity index (χ2v) is 7.53. The number of halogens is 1. The number of carbonyl (C=O) groups is 1. The van der Waals surface area contributed by atoms with Crippen molar-refractivity contribution in [3.05, 3.63) is 29.6 Å². The van der Waals surface area contributed by atoms with E-state index in [-0.39, 0.29) is 11.3 Å². The Bertz CT molecular complexity index is 605. The van der Waals surface area contributed by atoms with Crippen molar-refractivity contribution in [3.63, 3.8) is 0 Å². The lowest BCUT2D eigenvalue weighted by atomic mass is 10.2. The van der Waals surface area contributed by atoms with Crippen LogP contribution in [0.1, 0.15) is 26.3 Å². The topological polar surface area (TPSA) is 86.5 Å². The number of sulfone groups is 1. The zero-order valence-electron chi connectivity index (χ0n) is 11.6. The van der Waals surface area contributed by atoms with Crippen molar-refractivity contribution >= 4 is 21.5 Å². The summed E-state index contributed by atoms with van der Waals surface area (Å²) in [6.45, 7) is 4.92. The molecule has 0 aliphatic heterocycles. The largest absolute Gasteiger partial charge is 0.459 e. The van der Waals surface area contributed by atoms with Gasteiger partial charge in [0.25, 0.3) is 0 Å².